The van der Waals surface area contributed by atoms with Crippen LogP contribution < -0.4 is 0 Å². The van der Waals surface area contributed by atoms with Crippen molar-refractivity contribution in [3.8, 4) is 0 Å². The molecule has 0 bridgehead atoms. The van der Waals surface area contributed by atoms with E-state index in [4.69, 9.17) is 0 Å². The third-order valence-electron chi connectivity index (χ3n) is 11.5. The van der Waals surface area contributed by atoms with Crippen LogP contribution in [0.15, 0.2) is 30.3 Å². The standard InChI is InChI=1S/C28H46Si2/c1-20-18-25-26(28(20)30(4,5)29(2,3)23-15-9-10-16-23)19-22-14-11-17-24(22)27(25)21-12-7-6-8-13-21/h6-8,12-13,20,22-28H,9-11,14-19H2,1-5H3. The predicted octanol–water partition coefficient (Wildman–Crippen LogP) is 8.67. The molecule has 7 atom stereocenters. The lowest BCUT2D eigenvalue weighted by atomic mass is 9.62. The molecular formula is C28H46Si2. The molecule has 0 amide bonds. The molecule has 5 rings (SSSR count). The molecule has 0 saturated heterocycles. The van der Waals surface area contributed by atoms with Gasteiger partial charge in [0.25, 0.3) is 0 Å². The van der Waals surface area contributed by atoms with Crippen molar-refractivity contribution in [1.82, 2.24) is 0 Å². The molecule has 0 N–H and O–H groups in total. The van der Waals surface area contributed by atoms with Crippen LogP contribution in [0.3, 0.4) is 0 Å². The van der Waals surface area contributed by atoms with Gasteiger partial charge in [-0.25, -0.2) is 0 Å². The highest BCUT2D eigenvalue weighted by Crippen LogP contribution is 2.66. The van der Waals surface area contributed by atoms with E-state index in [9.17, 15) is 0 Å². The Morgan fingerprint density at radius 1 is 0.700 bits per heavy atom. The maximum Gasteiger partial charge on any atom is 0.0451 e. The van der Waals surface area contributed by atoms with Gasteiger partial charge in [0.15, 0.2) is 0 Å². The largest absolute Gasteiger partial charge is 0.0711 e. The predicted molar refractivity (Wildman–Crippen MR) is 136 cm³/mol. The fourth-order valence-corrected chi connectivity index (χ4v) is 24.6. The van der Waals surface area contributed by atoms with Crippen molar-refractivity contribution in [2.45, 2.75) is 108 Å². The van der Waals surface area contributed by atoms with Crippen LogP contribution in [0.5, 0.6) is 0 Å². The van der Waals surface area contributed by atoms with E-state index in [1.165, 1.54) is 38.5 Å². The molecule has 0 aromatic heterocycles. The average Bonchev–Trinajstić information content (AvgIpc) is 3.45. The van der Waals surface area contributed by atoms with E-state index < -0.39 is 15.2 Å². The summed E-state index contributed by atoms with van der Waals surface area (Å²) in [5, 5.41) is 0. The Kier molecular flexibility index (Phi) is 5.66. The van der Waals surface area contributed by atoms with Crippen molar-refractivity contribution in [2.75, 3.05) is 0 Å². The normalized spacial score (nSPS) is 39.8. The Hall–Kier alpha value is -0.346. The van der Waals surface area contributed by atoms with Gasteiger partial charge in [-0.1, -0.05) is 102 Å². The first-order valence-corrected chi connectivity index (χ1v) is 20.5. The van der Waals surface area contributed by atoms with Crippen LogP contribution >= 0.6 is 0 Å². The van der Waals surface area contributed by atoms with Gasteiger partial charge in [-0.2, -0.15) is 0 Å². The summed E-state index contributed by atoms with van der Waals surface area (Å²) in [6.07, 6.45) is 13.9. The molecule has 4 aliphatic rings. The summed E-state index contributed by atoms with van der Waals surface area (Å²) in [7, 11) is -2.45. The summed E-state index contributed by atoms with van der Waals surface area (Å²) in [5.74, 6) is 5.88. The van der Waals surface area contributed by atoms with Gasteiger partial charge in [-0.3, -0.25) is 0 Å². The van der Waals surface area contributed by atoms with Gasteiger partial charge < -0.3 is 0 Å². The molecule has 30 heavy (non-hydrogen) atoms. The molecule has 1 aromatic carbocycles. The molecule has 7 unspecified atom stereocenters. The Bertz CT molecular complexity index is 732. The molecule has 2 heteroatoms. The van der Waals surface area contributed by atoms with Gasteiger partial charge >= 0.3 is 0 Å². The van der Waals surface area contributed by atoms with E-state index in [1.807, 2.05) is 0 Å². The average molecular weight is 439 g/mol. The monoisotopic (exact) mass is 438 g/mol. The number of hydrogen-bond donors (Lipinski definition) is 0. The van der Waals surface area contributed by atoms with Crippen molar-refractivity contribution < 1.29 is 0 Å². The number of benzene rings is 1. The minimum absolute atomic E-state index is 0.867. The van der Waals surface area contributed by atoms with E-state index in [-0.39, 0.29) is 0 Å². The molecule has 0 nitrogen and oxygen atoms in total. The van der Waals surface area contributed by atoms with E-state index in [1.54, 1.807) is 24.8 Å². The second kappa shape index (κ2) is 7.90. The van der Waals surface area contributed by atoms with E-state index >= 15 is 0 Å². The number of hydrogen-bond acceptors (Lipinski definition) is 0. The minimum Gasteiger partial charge on any atom is -0.0711 e. The van der Waals surface area contributed by atoms with Gasteiger partial charge in [0.1, 0.15) is 0 Å². The molecule has 0 aliphatic heterocycles. The highest BCUT2D eigenvalue weighted by molar-refractivity contribution is 7.41. The van der Waals surface area contributed by atoms with Gasteiger partial charge in [0, 0.05) is 15.2 Å². The van der Waals surface area contributed by atoms with Crippen molar-refractivity contribution in [3.63, 3.8) is 0 Å². The van der Waals surface area contributed by atoms with Crippen molar-refractivity contribution >= 4 is 15.2 Å². The zero-order valence-electron chi connectivity index (χ0n) is 20.4. The van der Waals surface area contributed by atoms with Crippen molar-refractivity contribution in [1.29, 1.82) is 0 Å². The molecule has 166 valence electrons. The molecule has 4 saturated carbocycles. The second-order valence-corrected chi connectivity index (χ2v) is 29.1. The molecule has 0 spiro atoms. The third-order valence-corrected chi connectivity index (χ3v) is 32.3. The molecule has 4 fully saturated rings. The van der Waals surface area contributed by atoms with Crippen LogP contribution in [0.4, 0.5) is 0 Å². The second-order valence-electron chi connectivity index (χ2n) is 13.0. The maximum atomic E-state index is 2.89. The maximum absolute atomic E-state index is 2.89. The van der Waals surface area contributed by atoms with E-state index in [0.717, 1.165) is 46.6 Å². The van der Waals surface area contributed by atoms with Crippen LogP contribution in [-0.2, 0) is 0 Å². The molecule has 4 aliphatic carbocycles. The summed E-state index contributed by atoms with van der Waals surface area (Å²) in [6, 6.07) is 11.8. The lowest BCUT2D eigenvalue weighted by Gasteiger charge is -2.52. The smallest absolute Gasteiger partial charge is 0.0451 e. The Morgan fingerprint density at radius 3 is 2.10 bits per heavy atom. The van der Waals surface area contributed by atoms with E-state index in [2.05, 4.69) is 63.4 Å². The minimum atomic E-state index is -1.27. The molecule has 1 aromatic rings. The molecule has 0 heterocycles. The van der Waals surface area contributed by atoms with Crippen LogP contribution in [0.2, 0.25) is 37.3 Å². The highest BCUT2D eigenvalue weighted by Gasteiger charge is 2.61. The zero-order valence-corrected chi connectivity index (χ0v) is 22.4. The highest BCUT2D eigenvalue weighted by atomic mass is 29.3. The lowest BCUT2D eigenvalue weighted by molar-refractivity contribution is 0.121. The van der Waals surface area contributed by atoms with Gasteiger partial charge in [-0.05, 0) is 71.4 Å². The summed E-state index contributed by atoms with van der Waals surface area (Å²) in [6.45, 7) is 14.2. The van der Waals surface area contributed by atoms with Gasteiger partial charge in [0.05, 0.1) is 0 Å². The summed E-state index contributed by atoms with van der Waals surface area (Å²) >= 11 is 0. The van der Waals surface area contributed by atoms with Crippen molar-refractivity contribution in [2.24, 2.45) is 29.6 Å². The third kappa shape index (κ3) is 3.26. The topological polar surface area (TPSA) is 0 Å². The first kappa shape index (κ1) is 21.5. The summed E-state index contributed by atoms with van der Waals surface area (Å²) in [4.78, 5) is 0. The number of fused-ring (bicyclic) bond motifs is 2. The SMILES string of the molecule is CC1CC2C(CC3CCCC3C2c2ccccc2)C1[Si](C)(C)[Si](C)(C)C1CCCC1. The van der Waals surface area contributed by atoms with Gasteiger partial charge in [-0.15, -0.1) is 0 Å². The van der Waals surface area contributed by atoms with Crippen LogP contribution in [0.25, 0.3) is 0 Å². The first-order chi connectivity index (χ1) is 14.3. The van der Waals surface area contributed by atoms with Crippen LogP contribution in [-0.4, -0.2) is 15.2 Å². The molecule has 0 radical (unpaired) electrons. The van der Waals surface area contributed by atoms with Crippen molar-refractivity contribution in [3.05, 3.63) is 35.9 Å². The van der Waals surface area contributed by atoms with Gasteiger partial charge in [0.2, 0.25) is 0 Å². The Labute approximate surface area is 188 Å². The lowest BCUT2D eigenvalue weighted by Crippen LogP contribution is -2.62. The molecular weight excluding hydrogens is 392 g/mol. The fourth-order valence-electron chi connectivity index (χ4n) is 9.69. The fraction of sp³-hybridized carbons (Fsp3) is 0.786. The quantitative estimate of drug-likeness (QED) is 0.412. The van der Waals surface area contributed by atoms with Crippen LogP contribution in [0, 0.1) is 29.6 Å². The van der Waals surface area contributed by atoms with E-state index in [0.29, 0.717) is 0 Å². The first-order valence-electron chi connectivity index (χ1n) is 13.4. The summed E-state index contributed by atoms with van der Waals surface area (Å²) < 4.78 is 0. The van der Waals surface area contributed by atoms with Crippen LogP contribution in [0.1, 0.15) is 76.2 Å². The number of rotatable bonds is 4. The zero-order chi connectivity index (χ0) is 21.1. The Morgan fingerprint density at radius 2 is 1.40 bits per heavy atom. The Balaban J connectivity index is 1.50. The summed E-state index contributed by atoms with van der Waals surface area (Å²) in [5.41, 5.74) is 3.93.